The van der Waals surface area contributed by atoms with Crippen LogP contribution in [0.2, 0.25) is 0 Å². The molecule has 3 aromatic rings. The van der Waals surface area contributed by atoms with Gasteiger partial charge in [0.25, 0.3) is 5.91 Å². The standard InChI is InChI=1S/C21H23N3O/c1-15-8-9-18-17(14-15)19(16-6-4-3-5-7-16)20(22-18)21(25)24-12-10-23(2)11-13-24/h3-9,14,22H,10-13H2,1-2H3. The van der Waals surface area contributed by atoms with Crippen molar-refractivity contribution in [2.24, 2.45) is 0 Å². The average Bonchev–Trinajstić information content (AvgIpc) is 3.01. The number of likely N-dealkylation sites (N-methyl/N-ethyl adjacent to an activating group) is 1. The molecule has 128 valence electrons. The lowest BCUT2D eigenvalue weighted by molar-refractivity contribution is 0.0660. The van der Waals surface area contributed by atoms with Gasteiger partial charge in [-0.05, 0) is 31.7 Å². The maximum Gasteiger partial charge on any atom is 0.271 e. The summed E-state index contributed by atoms with van der Waals surface area (Å²) >= 11 is 0. The summed E-state index contributed by atoms with van der Waals surface area (Å²) in [6.45, 7) is 5.48. The van der Waals surface area contributed by atoms with Gasteiger partial charge in [-0.25, -0.2) is 0 Å². The summed E-state index contributed by atoms with van der Waals surface area (Å²) in [6.07, 6.45) is 0. The molecule has 1 aromatic heterocycles. The Kier molecular flexibility index (Phi) is 4.06. The number of nitrogens with zero attached hydrogens (tertiary/aromatic N) is 2. The number of aromatic amines is 1. The largest absolute Gasteiger partial charge is 0.350 e. The van der Waals surface area contributed by atoms with Gasteiger partial charge in [-0.3, -0.25) is 4.79 Å². The molecule has 1 N–H and O–H groups in total. The molecule has 0 aliphatic carbocycles. The highest BCUT2D eigenvalue weighted by molar-refractivity contribution is 6.09. The molecular weight excluding hydrogens is 310 g/mol. The number of nitrogens with one attached hydrogen (secondary N) is 1. The van der Waals surface area contributed by atoms with E-state index in [1.54, 1.807) is 0 Å². The van der Waals surface area contributed by atoms with Gasteiger partial charge in [0.2, 0.25) is 0 Å². The summed E-state index contributed by atoms with van der Waals surface area (Å²) in [5.41, 5.74) is 5.01. The van der Waals surface area contributed by atoms with Crippen LogP contribution in [0.5, 0.6) is 0 Å². The van der Waals surface area contributed by atoms with Gasteiger partial charge in [0.15, 0.2) is 0 Å². The molecule has 25 heavy (non-hydrogen) atoms. The van der Waals surface area contributed by atoms with E-state index in [1.807, 2.05) is 23.1 Å². The maximum absolute atomic E-state index is 13.2. The number of rotatable bonds is 2. The number of fused-ring (bicyclic) bond motifs is 1. The molecule has 0 bridgehead atoms. The Morgan fingerprint density at radius 2 is 1.72 bits per heavy atom. The minimum atomic E-state index is 0.0980. The zero-order valence-corrected chi connectivity index (χ0v) is 14.7. The van der Waals surface area contributed by atoms with E-state index in [1.165, 1.54) is 5.56 Å². The summed E-state index contributed by atoms with van der Waals surface area (Å²) in [4.78, 5) is 20.8. The van der Waals surface area contributed by atoms with Crippen LogP contribution in [0.15, 0.2) is 48.5 Å². The summed E-state index contributed by atoms with van der Waals surface area (Å²) in [5, 5.41) is 1.11. The second-order valence-corrected chi connectivity index (χ2v) is 6.89. The molecule has 0 spiro atoms. The van der Waals surface area contributed by atoms with Crippen molar-refractivity contribution in [3.05, 3.63) is 59.8 Å². The van der Waals surface area contributed by atoms with Crippen LogP contribution in [-0.4, -0.2) is 53.9 Å². The molecule has 4 heteroatoms. The summed E-state index contributed by atoms with van der Waals surface area (Å²) in [6, 6.07) is 16.5. The Balaban J connectivity index is 1.84. The van der Waals surface area contributed by atoms with Crippen LogP contribution in [0.1, 0.15) is 16.1 Å². The minimum absolute atomic E-state index is 0.0980. The fourth-order valence-corrected chi connectivity index (χ4v) is 3.54. The van der Waals surface area contributed by atoms with Crippen molar-refractivity contribution in [2.45, 2.75) is 6.92 Å². The molecule has 4 nitrogen and oxygen atoms in total. The van der Waals surface area contributed by atoms with Gasteiger partial charge in [-0.2, -0.15) is 0 Å². The molecule has 0 atom stereocenters. The maximum atomic E-state index is 13.2. The molecule has 1 aliphatic rings. The van der Waals surface area contributed by atoms with Crippen molar-refractivity contribution in [1.82, 2.24) is 14.8 Å². The number of piperazine rings is 1. The van der Waals surface area contributed by atoms with Gasteiger partial charge in [-0.1, -0.05) is 42.0 Å². The molecular formula is C21H23N3O. The molecule has 0 saturated carbocycles. The number of H-pyrrole nitrogens is 1. The highest BCUT2D eigenvalue weighted by atomic mass is 16.2. The fourth-order valence-electron chi connectivity index (χ4n) is 3.54. The molecule has 1 fully saturated rings. The third-order valence-electron chi connectivity index (χ3n) is 5.02. The number of hydrogen-bond donors (Lipinski definition) is 1. The lowest BCUT2D eigenvalue weighted by Gasteiger charge is -2.32. The van der Waals surface area contributed by atoms with E-state index in [0.29, 0.717) is 5.69 Å². The Hall–Kier alpha value is -2.59. The molecule has 1 aliphatic heterocycles. The van der Waals surface area contributed by atoms with Crippen LogP contribution in [0.4, 0.5) is 0 Å². The van der Waals surface area contributed by atoms with E-state index in [2.05, 4.69) is 54.2 Å². The van der Waals surface area contributed by atoms with Crippen molar-refractivity contribution >= 4 is 16.8 Å². The highest BCUT2D eigenvalue weighted by Crippen LogP contribution is 2.33. The third-order valence-corrected chi connectivity index (χ3v) is 5.02. The van der Waals surface area contributed by atoms with Gasteiger partial charge in [-0.15, -0.1) is 0 Å². The van der Waals surface area contributed by atoms with Gasteiger partial charge in [0, 0.05) is 42.6 Å². The molecule has 1 saturated heterocycles. The molecule has 0 unspecified atom stereocenters. The number of benzene rings is 2. The topological polar surface area (TPSA) is 39.3 Å². The average molecular weight is 333 g/mol. The van der Waals surface area contributed by atoms with Crippen molar-refractivity contribution in [3.8, 4) is 11.1 Å². The Bertz CT molecular complexity index is 906. The Morgan fingerprint density at radius 1 is 1.00 bits per heavy atom. The first-order chi connectivity index (χ1) is 12.1. The molecule has 4 rings (SSSR count). The lowest BCUT2D eigenvalue weighted by atomic mass is 10.00. The lowest BCUT2D eigenvalue weighted by Crippen LogP contribution is -2.47. The monoisotopic (exact) mass is 333 g/mol. The normalized spacial score (nSPS) is 15.7. The number of aryl methyl sites for hydroxylation is 1. The van der Waals surface area contributed by atoms with E-state index >= 15 is 0 Å². The number of amides is 1. The van der Waals surface area contributed by atoms with Gasteiger partial charge < -0.3 is 14.8 Å². The zero-order chi connectivity index (χ0) is 17.4. The zero-order valence-electron chi connectivity index (χ0n) is 14.7. The quantitative estimate of drug-likeness (QED) is 0.779. The van der Waals surface area contributed by atoms with Crippen molar-refractivity contribution in [2.75, 3.05) is 33.2 Å². The smallest absolute Gasteiger partial charge is 0.271 e. The summed E-state index contributed by atoms with van der Waals surface area (Å²) < 4.78 is 0. The first kappa shape index (κ1) is 15.9. The van der Waals surface area contributed by atoms with Crippen molar-refractivity contribution in [1.29, 1.82) is 0 Å². The van der Waals surface area contributed by atoms with Gasteiger partial charge >= 0.3 is 0 Å². The predicted octanol–water partition coefficient (Wildman–Crippen LogP) is 3.53. The second kappa shape index (κ2) is 6.37. The number of carbonyl (C=O) groups is 1. The Morgan fingerprint density at radius 3 is 2.44 bits per heavy atom. The van der Waals surface area contributed by atoms with Crippen LogP contribution < -0.4 is 0 Å². The third kappa shape index (κ3) is 2.94. The fraction of sp³-hybridized carbons (Fsp3) is 0.286. The van der Waals surface area contributed by atoms with E-state index in [9.17, 15) is 4.79 Å². The number of hydrogen-bond acceptors (Lipinski definition) is 2. The second-order valence-electron chi connectivity index (χ2n) is 6.89. The van der Waals surface area contributed by atoms with Crippen LogP contribution in [0, 0.1) is 6.92 Å². The molecule has 2 heterocycles. The van der Waals surface area contributed by atoms with Gasteiger partial charge in [0.1, 0.15) is 5.69 Å². The van der Waals surface area contributed by atoms with Gasteiger partial charge in [0.05, 0.1) is 0 Å². The van der Waals surface area contributed by atoms with E-state index < -0.39 is 0 Å². The van der Waals surface area contributed by atoms with E-state index in [0.717, 1.165) is 48.2 Å². The minimum Gasteiger partial charge on any atom is -0.350 e. The number of carbonyl (C=O) groups excluding carboxylic acids is 1. The number of aromatic nitrogens is 1. The van der Waals surface area contributed by atoms with Crippen LogP contribution in [0.3, 0.4) is 0 Å². The van der Waals surface area contributed by atoms with Crippen LogP contribution >= 0.6 is 0 Å². The highest BCUT2D eigenvalue weighted by Gasteiger charge is 2.25. The summed E-state index contributed by atoms with van der Waals surface area (Å²) in [5.74, 6) is 0.0980. The van der Waals surface area contributed by atoms with Crippen LogP contribution in [-0.2, 0) is 0 Å². The van der Waals surface area contributed by atoms with Crippen LogP contribution in [0.25, 0.3) is 22.0 Å². The predicted molar refractivity (Wildman–Crippen MR) is 102 cm³/mol. The SMILES string of the molecule is Cc1ccc2[nH]c(C(=O)N3CCN(C)CC3)c(-c3ccccc3)c2c1. The molecule has 0 radical (unpaired) electrons. The van der Waals surface area contributed by atoms with E-state index in [4.69, 9.17) is 0 Å². The van der Waals surface area contributed by atoms with Crippen molar-refractivity contribution in [3.63, 3.8) is 0 Å². The molecule has 1 amide bonds. The summed E-state index contributed by atoms with van der Waals surface area (Å²) in [7, 11) is 2.10. The van der Waals surface area contributed by atoms with Crippen molar-refractivity contribution < 1.29 is 4.79 Å². The molecule has 2 aromatic carbocycles. The Labute approximate surface area is 148 Å². The first-order valence-corrected chi connectivity index (χ1v) is 8.79. The first-order valence-electron chi connectivity index (χ1n) is 8.79. The van der Waals surface area contributed by atoms with E-state index in [-0.39, 0.29) is 5.91 Å².